The van der Waals surface area contributed by atoms with Crippen LogP contribution < -0.4 is 5.56 Å². The first-order chi connectivity index (χ1) is 10.6. The van der Waals surface area contributed by atoms with Crippen LogP contribution in [-0.2, 0) is 6.54 Å². The maximum atomic E-state index is 12.7. The highest BCUT2D eigenvalue weighted by Crippen LogP contribution is 2.35. The lowest BCUT2D eigenvalue weighted by molar-refractivity contribution is 0.0563. The molecule has 2 aromatic heterocycles. The van der Waals surface area contributed by atoms with Crippen LogP contribution >= 0.6 is 0 Å². The lowest BCUT2D eigenvalue weighted by atomic mass is 9.83. The minimum Gasteiger partial charge on any atom is -0.459 e. The van der Waals surface area contributed by atoms with Crippen molar-refractivity contribution in [1.29, 1.82) is 0 Å². The van der Waals surface area contributed by atoms with E-state index in [4.69, 9.17) is 4.42 Å². The van der Waals surface area contributed by atoms with Crippen molar-refractivity contribution in [3.63, 3.8) is 0 Å². The molecule has 1 amide bonds. The second-order valence-corrected chi connectivity index (χ2v) is 6.34. The molecule has 114 valence electrons. The third kappa shape index (κ3) is 2.00. The zero-order valence-corrected chi connectivity index (χ0v) is 12.5. The van der Waals surface area contributed by atoms with Gasteiger partial charge in [0.2, 0.25) is 0 Å². The fourth-order valence-electron chi connectivity index (χ4n) is 3.80. The van der Waals surface area contributed by atoms with E-state index in [1.807, 2.05) is 34.6 Å². The average Bonchev–Trinajstić information content (AvgIpc) is 2.93. The van der Waals surface area contributed by atoms with Crippen molar-refractivity contribution >= 4 is 5.91 Å². The van der Waals surface area contributed by atoms with Crippen LogP contribution in [0.3, 0.4) is 0 Å². The third-order valence-corrected chi connectivity index (χ3v) is 4.82. The minimum atomic E-state index is -0.0380. The Morgan fingerprint density at radius 3 is 2.86 bits per heavy atom. The summed E-state index contributed by atoms with van der Waals surface area (Å²) in [5.41, 5.74) is 1.99. The van der Waals surface area contributed by atoms with Crippen LogP contribution in [0.4, 0.5) is 0 Å². The highest BCUT2D eigenvalue weighted by Gasteiger charge is 2.37. The van der Waals surface area contributed by atoms with Crippen molar-refractivity contribution in [3.8, 4) is 0 Å². The van der Waals surface area contributed by atoms with E-state index in [1.165, 1.54) is 0 Å². The summed E-state index contributed by atoms with van der Waals surface area (Å²) in [4.78, 5) is 26.5. The molecule has 1 saturated heterocycles. The van der Waals surface area contributed by atoms with Gasteiger partial charge in [0.1, 0.15) is 0 Å². The number of nitrogens with zero attached hydrogens (tertiary/aromatic N) is 2. The average molecular weight is 298 g/mol. The summed E-state index contributed by atoms with van der Waals surface area (Å²) in [5, 5.41) is 0. The van der Waals surface area contributed by atoms with Crippen LogP contribution in [0.5, 0.6) is 0 Å². The molecule has 0 N–H and O–H groups in total. The number of pyridine rings is 1. The van der Waals surface area contributed by atoms with Crippen LogP contribution in [0.25, 0.3) is 0 Å². The molecule has 2 aromatic rings. The number of carbonyl (C=O) groups is 1. The molecule has 4 rings (SSSR count). The molecule has 0 aliphatic carbocycles. The predicted octanol–water partition coefficient (Wildman–Crippen LogP) is 2.01. The summed E-state index contributed by atoms with van der Waals surface area (Å²) in [6.07, 6.45) is 2.60. The number of furan rings is 1. The number of likely N-dealkylation sites (tertiary alicyclic amines) is 1. The smallest absolute Gasteiger partial charge is 0.289 e. The van der Waals surface area contributed by atoms with Crippen molar-refractivity contribution < 1.29 is 9.21 Å². The van der Waals surface area contributed by atoms with Gasteiger partial charge in [-0.05, 0) is 31.4 Å². The summed E-state index contributed by atoms with van der Waals surface area (Å²) in [7, 11) is 0. The minimum absolute atomic E-state index is 0.0380. The van der Waals surface area contributed by atoms with Crippen molar-refractivity contribution in [2.24, 2.45) is 5.92 Å². The molecule has 0 aromatic carbocycles. The highest BCUT2D eigenvalue weighted by atomic mass is 16.3. The fourth-order valence-corrected chi connectivity index (χ4v) is 3.80. The van der Waals surface area contributed by atoms with E-state index in [2.05, 4.69) is 0 Å². The summed E-state index contributed by atoms with van der Waals surface area (Å²) < 4.78 is 7.22. The number of rotatable bonds is 1. The van der Waals surface area contributed by atoms with Gasteiger partial charge in [0.25, 0.3) is 11.5 Å². The maximum Gasteiger partial charge on any atom is 0.289 e. The topological polar surface area (TPSA) is 55.5 Å². The molecular weight excluding hydrogens is 280 g/mol. The van der Waals surface area contributed by atoms with Gasteiger partial charge in [0, 0.05) is 42.9 Å². The molecule has 0 unspecified atom stereocenters. The molecular formula is C17H18N2O3. The Morgan fingerprint density at radius 2 is 2.09 bits per heavy atom. The quantitative estimate of drug-likeness (QED) is 0.809. The zero-order chi connectivity index (χ0) is 15.3. The van der Waals surface area contributed by atoms with Crippen molar-refractivity contribution in [2.75, 3.05) is 13.1 Å². The van der Waals surface area contributed by atoms with Crippen molar-refractivity contribution in [3.05, 3.63) is 57.9 Å². The maximum absolute atomic E-state index is 12.7. The first-order valence-corrected chi connectivity index (χ1v) is 7.66. The molecule has 0 saturated carbocycles. The number of aryl methyl sites for hydroxylation is 1. The van der Waals surface area contributed by atoms with Gasteiger partial charge in [-0.15, -0.1) is 0 Å². The fraction of sp³-hybridized carbons (Fsp3) is 0.412. The van der Waals surface area contributed by atoms with Crippen molar-refractivity contribution in [1.82, 2.24) is 9.47 Å². The number of hydrogen-bond donors (Lipinski definition) is 0. The van der Waals surface area contributed by atoms with Gasteiger partial charge in [-0.2, -0.15) is 0 Å². The van der Waals surface area contributed by atoms with Crippen LogP contribution in [0.1, 0.15) is 34.2 Å². The van der Waals surface area contributed by atoms with E-state index in [0.717, 1.165) is 17.7 Å². The van der Waals surface area contributed by atoms with E-state index in [9.17, 15) is 9.59 Å². The van der Waals surface area contributed by atoms with Crippen LogP contribution in [0.2, 0.25) is 0 Å². The van der Waals surface area contributed by atoms with Gasteiger partial charge in [-0.3, -0.25) is 9.59 Å². The molecule has 2 aliphatic rings. The number of aromatic nitrogens is 1. The molecule has 4 heterocycles. The number of carbonyl (C=O) groups excluding carboxylic acids is 1. The van der Waals surface area contributed by atoms with Gasteiger partial charge >= 0.3 is 0 Å². The first kappa shape index (κ1) is 13.4. The van der Waals surface area contributed by atoms with Crippen LogP contribution in [0, 0.1) is 12.8 Å². The number of fused-ring (bicyclic) bond motifs is 4. The molecule has 2 atom stereocenters. The summed E-state index contributed by atoms with van der Waals surface area (Å²) in [6.45, 7) is 3.93. The van der Waals surface area contributed by atoms with E-state index in [1.54, 1.807) is 12.3 Å². The second-order valence-electron chi connectivity index (χ2n) is 6.34. The Kier molecular flexibility index (Phi) is 2.96. The Bertz CT molecular complexity index is 789. The van der Waals surface area contributed by atoms with E-state index in [0.29, 0.717) is 31.3 Å². The Balaban J connectivity index is 1.65. The van der Waals surface area contributed by atoms with E-state index in [-0.39, 0.29) is 17.4 Å². The molecule has 1 fully saturated rings. The SMILES string of the molecule is Cc1ccoc1C(=O)N1C[C@@H]2C[C@H](C1)c1cccc(=O)n1C2. The molecule has 0 spiro atoms. The molecule has 5 nitrogen and oxygen atoms in total. The Labute approximate surface area is 128 Å². The van der Waals surface area contributed by atoms with E-state index >= 15 is 0 Å². The molecule has 5 heteroatoms. The largest absolute Gasteiger partial charge is 0.459 e. The zero-order valence-electron chi connectivity index (χ0n) is 12.5. The van der Waals surface area contributed by atoms with Crippen molar-refractivity contribution in [2.45, 2.75) is 25.8 Å². The summed E-state index contributed by atoms with van der Waals surface area (Å²) in [6, 6.07) is 7.24. The number of hydrogen-bond acceptors (Lipinski definition) is 3. The first-order valence-electron chi connectivity index (χ1n) is 7.66. The number of amides is 1. The van der Waals surface area contributed by atoms with Gasteiger partial charge in [-0.1, -0.05) is 6.07 Å². The Morgan fingerprint density at radius 1 is 1.23 bits per heavy atom. The van der Waals surface area contributed by atoms with Gasteiger partial charge in [-0.25, -0.2) is 0 Å². The Hall–Kier alpha value is -2.30. The number of piperidine rings is 1. The standard InChI is InChI=1S/C17H18N2O3/c1-11-5-6-22-16(11)17(21)18-8-12-7-13(10-18)14-3-2-4-15(20)19(14)9-12/h2-6,12-13H,7-10H2,1H3/t12-,13+/m0/s1. The molecule has 2 bridgehead atoms. The van der Waals surface area contributed by atoms with Crippen LogP contribution in [0.15, 0.2) is 39.7 Å². The summed E-state index contributed by atoms with van der Waals surface area (Å²) in [5.74, 6) is 0.973. The summed E-state index contributed by atoms with van der Waals surface area (Å²) >= 11 is 0. The van der Waals surface area contributed by atoms with Gasteiger partial charge in [0.05, 0.1) is 6.26 Å². The normalized spacial score (nSPS) is 23.2. The monoisotopic (exact) mass is 298 g/mol. The van der Waals surface area contributed by atoms with Crippen LogP contribution in [-0.4, -0.2) is 28.5 Å². The predicted molar refractivity (Wildman–Crippen MR) is 80.9 cm³/mol. The second kappa shape index (κ2) is 4.87. The lowest BCUT2D eigenvalue weighted by Gasteiger charge is -2.42. The highest BCUT2D eigenvalue weighted by molar-refractivity contribution is 5.93. The third-order valence-electron chi connectivity index (χ3n) is 4.82. The lowest BCUT2D eigenvalue weighted by Crippen LogP contribution is -2.49. The van der Waals surface area contributed by atoms with Gasteiger partial charge in [0.15, 0.2) is 5.76 Å². The molecule has 22 heavy (non-hydrogen) atoms. The molecule has 0 radical (unpaired) electrons. The van der Waals surface area contributed by atoms with Gasteiger partial charge < -0.3 is 13.9 Å². The van der Waals surface area contributed by atoms with E-state index < -0.39 is 0 Å². The molecule has 2 aliphatic heterocycles.